The van der Waals surface area contributed by atoms with Gasteiger partial charge in [0.05, 0.1) is 9.79 Å². The van der Waals surface area contributed by atoms with Crippen molar-refractivity contribution in [3.8, 4) is 0 Å². The summed E-state index contributed by atoms with van der Waals surface area (Å²) in [4.78, 5) is -0.0834. The second-order valence-electron chi connectivity index (χ2n) is 5.44. The first-order valence-electron chi connectivity index (χ1n) is 7.61. The van der Waals surface area contributed by atoms with Gasteiger partial charge < -0.3 is 0 Å². The van der Waals surface area contributed by atoms with E-state index in [0.29, 0.717) is 0 Å². The third-order valence-electron chi connectivity index (χ3n) is 3.74. The van der Waals surface area contributed by atoms with Crippen LogP contribution in [0.1, 0.15) is 6.42 Å². The minimum Gasteiger partial charge on any atom is -0.218 e. The molecule has 1 aliphatic rings. The van der Waals surface area contributed by atoms with Crippen molar-refractivity contribution in [2.24, 2.45) is 0 Å². The molecule has 0 spiro atoms. The molecule has 0 N–H and O–H groups in total. The lowest BCUT2D eigenvalue weighted by Crippen LogP contribution is -2.17. The summed E-state index contributed by atoms with van der Waals surface area (Å²) in [6, 6.07) is 15.3. The van der Waals surface area contributed by atoms with Crippen LogP contribution >= 0.6 is 0 Å². The summed E-state index contributed by atoms with van der Waals surface area (Å²) in [6.07, 6.45) is 6.90. The Kier molecular flexibility index (Phi) is 4.74. The van der Waals surface area contributed by atoms with Crippen LogP contribution in [0.2, 0.25) is 0 Å². The van der Waals surface area contributed by atoms with Gasteiger partial charge in [-0.1, -0.05) is 60.7 Å². The van der Waals surface area contributed by atoms with Crippen LogP contribution in [0.3, 0.4) is 0 Å². The van der Waals surface area contributed by atoms with Crippen molar-refractivity contribution in [3.05, 3.63) is 94.8 Å². The molecule has 6 heteroatoms. The molecule has 0 saturated heterocycles. The van der Waals surface area contributed by atoms with Gasteiger partial charge >= 0.3 is 0 Å². The average Bonchev–Trinajstić information content (AvgIpc) is 2.64. The molecule has 0 radical (unpaired) electrons. The van der Waals surface area contributed by atoms with E-state index in [1.165, 1.54) is 30.3 Å². The lowest BCUT2D eigenvalue weighted by Gasteiger charge is -2.15. The highest BCUT2D eigenvalue weighted by Gasteiger charge is 2.35. The Morgan fingerprint density at radius 1 is 0.680 bits per heavy atom. The summed E-state index contributed by atoms with van der Waals surface area (Å²) in [5, 5.41) is 0. The molecule has 0 fully saturated rings. The minimum absolute atomic E-state index is 0.0417. The van der Waals surface area contributed by atoms with Crippen molar-refractivity contribution in [2.75, 3.05) is 0 Å². The van der Waals surface area contributed by atoms with Gasteiger partial charge in [0.15, 0.2) is 4.24 Å². The molecule has 128 valence electrons. The molecule has 3 rings (SSSR count). The van der Waals surface area contributed by atoms with Crippen LogP contribution in [0.5, 0.6) is 0 Å². The highest BCUT2D eigenvalue weighted by molar-refractivity contribution is 8.14. The summed E-state index contributed by atoms with van der Waals surface area (Å²) in [5.74, 6) is 0. The number of allylic oxidation sites excluding steroid dienone is 5. The van der Waals surface area contributed by atoms with Crippen LogP contribution < -0.4 is 0 Å². The van der Waals surface area contributed by atoms with Gasteiger partial charge in [0.1, 0.15) is 0 Å². The van der Waals surface area contributed by atoms with E-state index in [1.54, 1.807) is 54.6 Å². The first-order chi connectivity index (χ1) is 11.9. The Hall–Kier alpha value is -2.44. The van der Waals surface area contributed by atoms with Crippen LogP contribution in [0.4, 0.5) is 0 Å². The molecule has 0 saturated carbocycles. The zero-order valence-electron chi connectivity index (χ0n) is 13.2. The predicted molar refractivity (Wildman–Crippen MR) is 97.2 cm³/mol. The molecule has 0 atom stereocenters. The average molecular weight is 372 g/mol. The van der Waals surface area contributed by atoms with E-state index in [4.69, 9.17) is 0 Å². The Morgan fingerprint density at radius 3 is 1.56 bits per heavy atom. The smallest absolute Gasteiger partial charge is 0.218 e. The number of hydrogen-bond donors (Lipinski definition) is 0. The molecule has 0 amide bonds. The van der Waals surface area contributed by atoms with E-state index in [0.717, 1.165) is 0 Å². The fourth-order valence-corrected chi connectivity index (χ4v) is 6.75. The maximum Gasteiger partial charge on any atom is 0.218 e. The normalized spacial score (nSPS) is 14.5. The van der Waals surface area contributed by atoms with Crippen molar-refractivity contribution in [1.82, 2.24) is 0 Å². The van der Waals surface area contributed by atoms with Gasteiger partial charge in [-0.2, -0.15) is 0 Å². The second-order valence-corrected chi connectivity index (χ2v) is 9.47. The maximum absolute atomic E-state index is 13.2. The Morgan fingerprint density at radius 2 is 1.16 bits per heavy atom. The van der Waals surface area contributed by atoms with E-state index in [-0.39, 0.29) is 21.8 Å². The number of sulfone groups is 2. The number of rotatable bonds is 4. The standard InChI is InChI=1S/C19H16O4S2/c20-24(21,17-12-6-2-7-13-17)19(16-10-4-1-5-11-16)25(22,23)18-14-8-3-9-15-18/h1-10,12-15H,11H2. The van der Waals surface area contributed by atoms with Gasteiger partial charge in [0.25, 0.3) is 0 Å². The molecule has 0 aliphatic heterocycles. The monoisotopic (exact) mass is 372 g/mol. The van der Waals surface area contributed by atoms with Gasteiger partial charge in [0.2, 0.25) is 19.7 Å². The van der Waals surface area contributed by atoms with E-state index < -0.39 is 23.9 Å². The van der Waals surface area contributed by atoms with E-state index in [1.807, 2.05) is 0 Å². The molecule has 1 aliphatic carbocycles. The van der Waals surface area contributed by atoms with Crippen molar-refractivity contribution in [3.63, 3.8) is 0 Å². The summed E-state index contributed by atoms with van der Waals surface area (Å²) in [6.45, 7) is 0. The molecule has 2 aromatic rings. The fraction of sp³-hybridized carbons (Fsp3) is 0.0526. The zero-order valence-corrected chi connectivity index (χ0v) is 14.9. The molecule has 4 nitrogen and oxygen atoms in total. The molecular formula is C19H16O4S2. The Bertz CT molecular complexity index is 989. The lowest BCUT2D eigenvalue weighted by atomic mass is 10.1. The second kappa shape index (κ2) is 6.82. The van der Waals surface area contributed by atoms with Crippen molar-refractivity contribution >= 4 is 19.7 Å². The SMILES string of the molecule is O=S(=O)(C(=C1C=CC=CC1)S(=O)(=O)c1ccccc1)c1ccccc1. The van der Waals surface area contributed by atoms with Gasteiger partial charge in [-0.05, 0) is 36.3 Å². The number of benzene rings is 2. The third-order valence-corrected chi connectivity index (χ3v) is 8.34. The van der Waals surface area contributed by atoms with Gasteiger partial charge in [-0.25, -0.2) is 16.8 Å². The molecule has 0 aromatic heterocycles. The Labute approximate surface area is 147 Å². The van der Waals surface area contributed by atoms with Gasteiger partial charge in [-0.15, -0.1) is 0 Å². The lowest BCUT2D eigenvalue weighted by molar-refractivity contribution is 0.594. The molecule has 0 heterocycles. The largest absolute Gasteiger partial charge is 0.218 e. The van der Waals surface area contributed by atoms with Crippen LogP contribution in [0, 0.1) is 0 Å². The Balaban J connectivity index is 2.30. The molecule has 0 unspecified atom stereocenters. The number of hydrogen-bond acceptors (Lipinski definition) is 4. The highest BCUT2D eigenvalue weighted by Crippen LogP contribution is 2.33. The first-order valence-corrected chi connectivity index (χ1v) is 10.6. The molecule has 0 bridgehead atoms. The molecule has 25 heavy (non-hydrogen) atoms. The molecular weight excluding hydrogens is 356 g/mol. The predicted octanol–water partition coefficient (Wildman–Crippen LogP) is 3.66. The minimum atomic E-state index is -4.20. The summed E-state index contributed by atoms with van der Waals surface area (Å²) < 4.78 is 52.1. The van der Waals surface area contributed by atoms with Crippen molar-refractivity contribution in [1.29, 1.82) is 0 Å². The molecule has 2 aromatic carbocycles. The quantitative estimate of drug-likeness (QED) is 0.821. The van der Waals surface area contributed by atoms with Gasteiger partial charge in [0, 0.05) is 0 Å². The zero-order chi connectivity index (χ0) is 17.9. The summed E-state index contributed by atoms with van der Waals surface area (Å²) in [5.41, 5.74) is 0.259. The van der Waals surface area contributed by atoms with E-state index in [2.05, 4.69) is 0 Å². The van der Waals surface area contributed by atoms with Crippen LogP contribution in [-0.4, -0.2) is 16.8 Å². The maximum atomic E-state index is 13.2. The summed E-state index contributed by atoms with van der Waals surface area (Å²) in [7, 11) is -8.40. The van der Waals surface area contributed by atoms with Crippen LogP contribution in [0.15, 0.2) is 105 Å². The fourth-order valence-electron chi connectivity index (χ4n) is 2.57. The van der Waals surface area contributed by atoms with Crippen molar-refractivity contribution in [2.45, 2.75) is 16.2 Å². The van der Waals surface area contributed by atoms with Crippen LogP contribution in [0.25, 0.3) is 0 Å². The highest BCUT2D eigenvalue weighted by atomic mass is 32.3. The van der Waals surface area contributed by atoms with Crippen LogP contribution in [-0.2, 0) is 19.7 Å². The summed E-state index contributed by atoms with van der Waals surface area (Å²) >= 11 is 0. The first kappa shape index (κ1) is 17.4. The third kappa shape index (κ3) is 3.36. The van der Waals surface area contributed by atoms with E-state index >= 15 is 0 Å². The van der Waals surface area contributed by atoms with Gasteiger partial charge in [-0.3, -0.25) is 0 Å². The topological polar surface area (TPSA) is 68.3 Å². The van der Waals surface area contributed by atoms with E-state index in [9.17, 15) is 16.8 Å². The van der Waals surface area contributed by atoms with Crippen molar-refractivity contribution < 1.29 is 16.8 Å².